The van der Waals surface area contributed by atoms with Crippen molar-refractivity contribution in [2.24, 2.45) is 0 Å². The molecule has 1 fully saturated rings. The molecule has 3 heterocycles. The number of nitrogens with zero attached hydrogens (tertiary/aromatic N) is 4. The highest BCUT2D eigenvalue weighted by Gasteiger charge is 2.25. The Labute approximate surface area is 144 Å². The van der Waals surface area contributed by atoms with Crippen molar-refractivity contribution in [3.8, 4) is 0 Å². The van der Waals surface area contributed by atoms with Crippen LogP contribution in [0.3, 0.4) is 0 Å². The van der Waals surface area contributed by atoms with Crippen LogP contribution in [-0.2, 0) is 17.7 Å². The van der Waals surface area contributed by atoms with Gasteiger partial charge >= 0.3 is 0 Å². The molecular formula is C17H18N4O2S. The largest absolute Gasteiger partial charge is 0.368 e. The number of morpholine rings is 1. The average molecular weight is 342 g/mol. The van der Waals surface area contributed by atoms with Crippen molar-refractivity contribution < 1.29 is 9.26 Å². The van der Waals surface area contributed by atoms with Crippen LogP contribution in [0.5, 0.6) is 0 Å². The molecule has 0 saturated carbocycles. The fraction of sp³-hybridized carbons (Fsp3) is 0.353. The molecule has 0 bridgehead atoms. The summed E-state index contributed by atoms with van der Waals surface area (Å²) >= 11 is 1.63. The van der Waals surface area contributed by atoms with E-state index in [0.29, 0.717) is 25.5 Å². The van der Waals surface area contributed by atoms with Crippen molar-refractivity contribution in [3.63, 3.8) is 0 Å². The lowest BCUT2D eigenvalue weighted by Crippen LogP contribution is -2.37. The van der Waals surface area contributed by atoms with Crippen molar-refractivity contribution in [1.82, 2.24) is 20.0 Å². The van der Waals surface area contributed by atoms with Gasteiger partial charge in [-0.05, 0) is 5.56 Å². The highest BCUT2D eigenvalue weighted by Crippen LogP contribution is 2.24. The molecular weight excluding hydrogens is 324 g/mol. The Hall–Kier alpha value is -2.09. The van der Waals surface area contributed by atoms with Crippen molar-refractivity contribution in [1.29, 1.82) is 0 Å². The first-order valence-electron chi connectivity index (χ1n) is 7.95. The molecule has 7 heteroatoms. The summed E-state index contributed by atoms with van der Waals surface area (Å²) in [5.74, 6) is 1.38. The second-order valence-corrected chi connectivity index (χ2v) is 6.66. The molecule has 2 aromatic heterocycles. The van der Waals surface area contributed by atoms with Crippen LogP contribution < -0.4 is 0 Å². The zero-order valence-electron chi connectivity index (χ0n) is 13.2. The smallest absolute Gasteiger partial charge is 0.240 e. The van der Waals surface area contributed by atoms with E-state index in [1.54, 1.807) is 11.3 Å². The maximum absolute atomic E-state index is 5.81. The van der Waals surface area contributed by atoms with Gasteiger partial charge in [-0.1, -0.05) is 35.5 Å². The first-order valence-corrected chi connectivity index (χ1v) is 8.83. The van der Waals surface area contributed by atoms with Gasteiger partial charge in [0.1, 0.15) is 11.1 Å². The molecule has 1 aliphatic rings. The van der Waals surface area contributed by atoms with Gasteiger partial charge in [-0.3, -0.25) is 4.90 Å². The lowest BCUT2D eigenvalue weighted by Gasteiger charge is -2.30. The summed E-state index contributed by atoms with van der Waals surface area (Å²) in [5.41, 5.74) is 1.18. The highest BCUT2D eigenvalue weighted by atomic mass is 32.1. The van der Waals surface area contributed by atoms with Gasteiger partial charge in [0.2, 0.25) is 5.89 Å². The van der Waals surface area contributed by atoms with Crippen molar-refractivity contribution in [2.45, 2.75) is 19.1 Å². The SMILES string of the molecule is c1ccc(Cc2noc(CN3CCO[C@H](c4nccs4)C3)n2)cc1. The van der Waals surface area contributed by atoms with E-state index in [0.717, 1.165) is 23.9 Å². The Kier molecular flexibility index (Phi) is 4.64. The summed E-state index contributed by atoms with van der Waals surface area (Å²) in [5, 5.41) is 7.09. The number of rotatable bonds is 5. The molecule has 24 heavy (non-hydrogen) atoms. The molecule has 4 rings (SSSR count). The molecule has 6 nitrogen and oxygen atoms in total. The number of hydrogen-bond donors (Lipinski definition) is 0. The van der Waals surface area contributed by atoms with Gasteiger partial charge in [0.15, 0.2) is 5.82 Å². The Morgan fingerprint density at radius 1 is 1.25 bits per heavy atom. The highest BCUT2D eigenvalue weighted by molar-refractivity contribution is 7.09. The van der Waals surface area contributed by atoms with Crippen LogP contribution >= 0.6 is 11.3 Å². The summed E-state index contributed by atoms with van der Waals surface area (Å²) < 4.78 is 11.2. The monoisotopic (exact) mass is 342 g/mol. The van der Waals surface area contributed by atoms with Crippen LogP contribution in [0.4, 0.5) is 0 Å². The molecule has 1 aromatic carbocycles. The predicted molar refractivity (Wildman–Crippen MR) is 89.6 cm³/mol. The van der Waals surface area contributed by atoms with Gasteiger partial charge in [-0.2, -0.15) is 4.98 Å². The van der Waals surface area contributed by atoms with Crippen molar-refractivity contribution in [3.05, 3.63) is 64.2 Å². The molecule has 0 amide bonds. The number of aromatic nitrogens is 3. The van der Waals surface area contributed by atoms with Crippen LogP contribution in [-0.4, -0.2) is 39.7 Å². The third kappa shape index (κ3) is 3.69. The van der Waals surface area contributed by atoms with Crippen molar-refractivity contribution in [2.75, 3.05) is 19.7 Å². The number of thiazole rings is 1. The summed E-state index contributed by atoms with van der Waals surface area (Å²) in [6.07, 6.45) is 2.54. The van der Waals surface area contributed by atoms with Crippen LogP contribution in [0, 0.1) is 0 Å². The predicted octanol–water partition coefficient (Wildman–Crippen LogP) is 2.69. The fourth-order valence-corrected chi connectivity index (χ4v) is 3.46. The van der Waals surface area contributed by atoms with E-state index < -0.39 is 0 Å². The van der Waals surface area contributed by atoms with Gasteiger partial charge in [-0.25, -0.2) is 4.98 Å². The Morgan fingerprint density at radius 2 is 2.17 bits per heavy atom. The lowest BCUT2D eigenvalue weighted by molar-refractivity contribution is -0.0356. The van der Waals surface area contributed by atoms with E-state index in [1.165, 1.54) is 5.56 Å². The Balaban J connectivity index is 1.37. The van der Waals surface area contributed by atoms with E-state index in [1.807, 2.05) is 29.8 Å². The Bertz CT molecular complexity index is 760. The van der Waals surface area contributed by atoms with Gasteiger partial charge in [0.25, 0.3) is 0 Å². The van der Waals surface area contributed by atoms with Gasteiger partial charge in [-0.15, -0.1) is 11.3 Å². The second-order valence-electron chi connectivity index (χ2n) is 5.73. The topological polar surface area (TPSA) is 64.3 Å². The van der Waals surface area contributed by atoms with E-state index in [-0.39, 0.29) is 6.10 Å². The first-order chi connectivity index (χ1) is 11.9. The number of ether oxygens (including phenoxy) is 1. The molecule has 1 aliphatic heterocycles. The third-order valence-corrected chi connectivity index (χ3v) is 4.82. The van der Waals surface area contributed by atoms with Crippen molar-refractivity contribution >= 4 is 11.3 Å². The minimum absolute atomic E-state index is 0.0328. The molecule has 1 atom stereocenters. The molecule has 1 saturated heterocycles. The van der Waals surface area contributed by atoms with Gasteiger partial charge < -0.3 is 9.26 Å². The maximum atomic E-state index is 5.81. The quantitative estimate of drug-likeness (QED) is 0.710. The van der Waals surface area contributed by atoms with Crippen LogP contribution in [0.15, 0.2) is 46.4 Å². The van der Waals surface area contributed by atoms with Gasteiger partial charge in [0, 0.05) is 31.1 Å². The summed E-state index contributed by atoms with van der Waals surface area (Å²) in [6, 6.07) is 10.2. The second kappa shape index (κ2) is 7.21. The van der Waals surface area contributed by atoms with E-state index in [9.17, 15) is 0 Å². The van der Waals surface area contributed by atoms with E-state index in [2.05, 4.69) is 32.2 Å². The molecule has 0 aliphatic carbocycles. The Morgan fingerprint density at radius 3 is 3.00 bits per heavy atom. The molecule has 3 aromatic rings. The molecule has 124 valence electrons. The molecule has 0 radical (unpaired) electrons. The van der Waals surface area contributed by atoms with E-state index >= 15 is 0 Å². The minimum Gasteiger partial charge on any atom is -0.368 e. The lowest BCUT2D eigenvalue weighted by atomic mass is 10.1. The zero-order chi connectivity index (χ0) is 16.2. The van der Waals surface area contributed by atoms with Crippen LogP contribution in [0.25, 0.3) is 0 Å². The average Bonchev–Trinajstić information content (AvgIpc) is 3.28. The number of hydrogen-bond acceptors (Lipinski definition) is 7. The van der Waals surface area contributed by atoms with E-state index in [4.69, 9.17) is 9.26 Å². The fourth-order valence-electron chi connectivity index (χ4n) is 2.78. The molecule has 0 unspecified atom stereocenters. The van der Waals surface area contributed by atoms with Crippen LogP contribution in [0.2, 0.25) is 0 Å². The summed E-state index contributed by atoms with van der Waals surface area (Å²) in [7, 11) is 0. The minimum atomic E-state index is 0.0328. The zero-order valence-corrected chi connectivity index (χ0v) is 14.0. The number of benzene rings is 1. The maximum Gasteiger partial charge on any atom is 0.240 e. The first kappa shape index (κ1) is 15.4. The van der Waals surface area contributed by atoms with Gasteiger partial charge in [0.05, 0.1) is 13.2 Å². The molecule has 0 spiro atoms. The summed E-state index contributed by atoms with van der Waals surface area (Å²) in [4.78, 5) is 11.1. The normalized spacial score (nSPS) is 18.8. The summed E-state index contributed by atoms with van der Waals surface area (Å²) in [6.45, 7) is 2.99. The molecule has 0 N–H and O–H groups in total. The standard InChI is InChI=1S/C17H18N4O2S/c1-2-4-13(5-3-1)10-15-19-16(23-20-15)12-21-7-8-22-14(11-21)17-18-6-9-24-17/h1-6,9,14H,7-8,10-12H2/t14-/m0/s1. The third-order valence-electron chi connectivity index (χ3n) is 3.95. The van der Waals surface area contributed by atoms with Crippen LogP contribution in [0.1, 0.15) is 28.4 Å².